The van der Waals surface area contributed by atoms with Crippen LogP contribution in [0.25, 0.3) is 5.57 Å². The second kappa shape index (κ2) is 7.55. The van der Waals surface area contributed by atoms with Crippen molar-refractivity contribution < 1.29 is 9.59 Å². The van der Waals surface area contributed by atoms with Crippen molar-refractivity contribution in [2.24, 2.45) is 4.99 Å². The highest BCUT2D eigenvalue weighted by molar-refractivity contribution is 8.18. The lowest BCUT2D eigenvalue weighted by molar-refractivity contribution is -0.115. The highest BCUT2D eigenvalue weighted by atomic mass is 32.2. The van der Waals surface area contributed by atoms with Gasteiger partial charge in [0.1, 0.15) is 5.69 Å². The first-order valence-corrected chi connectivity index (χ1v) is 10.5. The number of benzene rings is 1. The molecule has 0 spiro atoms. The summed E-state index contributed by atoms with van der Waals surface area (Å²) in [6, 6.07) is 10.3. The molecule has 3 N–H and O–H groups in total. The number of carbonyl (C=O) groups excluding carboxylic acids is 2. The summed E-state index contributed by atoms with van der Waals surface area (Å²) in [6.45, 7) is 7.57. The smallest absolute Gasteiger partial charge is 0.268 e. The molecule has 2 aliphatic rings. The third-order valence-corrected chi connectivity index (χ3v) is 6.14. The molecule has 1 aromatic carbocycles. The maximum Gasteiger partial charge on any atom is 0.268 e. The van der Waals surface area contributed by atoms with Crippen LogP contribution in [-0.2, 0) is 16.8 Å². The van der Waals surface area contributed by atoms with Crippen LogP contribution < -0.4 is 10.6 Å². The van der Waals surface area contributed by atoms with Crippen molar-refractivity contribution in [3.05, 3.63) is 63.8 Å². The van der Waals surface area contributed by atoms with Crippen molar-refractivity contribution in [1.82, 2.24) is 15.6 Å². The van der Waals surface area contributed by atoms with Crippen LogP contribution >= 0.6 is 11.8 Å². The van der Waals surface area contributed by atoms with Crippen molar-refractivity contribution in [3.8, 4) is 0 Å². The highest BCUT2D eigenvalue weighted by Gasteiger charge is 2.30. The number of carbonyl (C=O) groups is 2. The second-order valence-corrected chi connectivity index (χ2v) is 9.20. The normalized spacial score (nSPS) is 21.0. The van der Waals surface area contributed by atoms with Gasteiger partial charge in [-0.05, 0) is 46.4 Å². The molecule has 4 rings (SSSR count). The number of hydrogen-bond donors (Lipinski definition) is 3. The molecule has 1 aromatic heterocycles. The van der Waals surface area contributed by atoms with Crippen LogP contribution in [0.15, 0.2) is 46.4 Å². The molecule has 2 amide bonds. The lowest BCUT2D eigenvalue weighted by atomic mass is 9.87. The molecule has 29 heavy (non-hydrogen) atoms. The number of aromatic nitrogens is 1. The molecule has 1 fully saturated rings. The zero-order valence-corrected chi connectivity index (χ0v) is 17.6. The zero-order valence-electron chi connectivity index (χ0n) is 16.8. The molecular weight excluding hydrogens is 384 g/mol. The Labute approximate surface area is 174 Å². The summed E-state index contributed by atoms with van der Waals surface area (Å²) in [5, 5.41) is 6.31. The van der Waals surface area contributed by atoms with Crippen LogP contribution in [0.5, 0.6) is 0 Å². The summed E-state index contributed by atoms with van der Waals surface area (Å²) in [5.41, 5.74) is 4.66. The predicted octanol–water partition coefficient (Wildman–Crippen LogP) is 3.58. The number of amides is 2. The summed E-state index contributed by atoms with van der Waals surface area (Å²) >= 11 is 1.35. The van der Waals surface area contributed by atoms with E-state index in [-0.39, 0.29) is 17.2 Å². The average molecular weight is 409 g/mol. The van der Waals surface area contributed by atoms with Gasteiger partial charge >= 0.3 is 0 Å². The minimum absolute atomic E-state index is 0.118. The first kappa shape index (κ1) is 19.5. The maximum absolute atomic E-state index is 12.6. The molecule has 3 heterocycles. The molecule has 0 unspecified atom stereocenters. The zero-order chi connectivity index (χ0) is 20.6. The Morgan fingerprint density at radius 2 is 1.83 bits per heavy atom. The molecule has 150 valence electrons. The first-order valence-electron chi connectivity index (χ1n) is 9.65. The van der Waals surface area contributed by atoms with Gasteiger partial charge in [-0.25, -0.2) is 0 Å². The van der Waals surface area contributed by atoms with Gasteiger partial charge in [0.05, 0.1) is 11.4 Å². The summed E-state index contributed by atoms with van der Waals surface area (Å²) in [5.74, 6) is -0.301. The van der Waals surface area contributed by atoms with Crippen LogP contribution in [-0.4, -0.2) is 28.5 Å². The Morgan fingerprint density at radius 3 is 2.55 bits per heavy atom. The van der Waals surface area contributed by atoms with E-state index in [2.05, 4.69) is 65.6 Å². The average Bonchev–Trinajstić information content (AvgIpc) is 3.27. The Bertz CT molecular complexity index is 1030. The third kappa shape index (κ3) is 4.00. The molecule has 2 aliphatic heterocycles. The summed E-state index contributed by atoms with van der Waals surface area (Å²) in [7, 11) is 0. The number of rotatable bonds is 2. The lowest BCUT2D eigenvalue weighted by Crippen LogP contribution is -2.22. The minimum atomic E-state index is -0.159. The van der Waals surface area contributed by atoms with Gasteiger partial charge < -0.3 is 15.6 Å². The predicted molar refractivity (Wildman–Crippen MR) is 117 cm³/mol. The quantitative estimate of drug-likeness (QED) is 0.664. The van der Waals surface area contributed by atoms with Gasteiger partial charge in [0.25, 0.3) is 11.8 Å². The molecule has 6 nitrogen and oxygen atoms in total. The number of hydrogen-bond acceptors (Lipinski definition) is 4. The molecule has 2 aromatic rings. The van der Waals surface area contributed by atoms with E-state index < -0.39 is 0 Å². The van der Waals surface area contributed by atoms with Gasteiger partial charge in [-0.3, -0.25) is 14.6 Å². The fourth-order valence-corrected chi connectivity index (χ4v) is 4.38. The lowest BCUT2D eigenvalue weighted by Gasteiger charge is -2.18. The van der Waals surface area contributed by atoms with Gasteiger partial charge in [0.2, 0.25) is 0 Å². The topological polar surface area (TPSA) is 86.3 Å². The maximum atomic E-state index is 12.6. The Morgan fingerprint density at radius 1 is 1.07 bits per heavy atom. The van der Waals surface area contributed by atoms with Crippen LogP contribution in [0.1, 0.15) is 54.4 Å². The van der Waals surface area contributed by atoms with E-state index in [1.54, 1.807) is 6.20 Å². The van der Waals surface area contributed by atoms with Crippen molar-refractivity contribution >= 4 is 34.3 Å². The minimum Gasteiger partial charge on any atom is -0.357 e. The van der Waals surface area contributed by atoms with Crippen LogP contribution in [0.3, 0.4) is 0 Å². The Kier molecular flexibility index (Phi) is 5.08. The number of H-pyrrole nitrogens is 1. The SMILES string of the molecule is CC(C)(C)c1ccc(CN=C2NC(=O)/C(=C3\CCNC(=O)c4[nH]ccc43)S2)cc1. The number of amidine groups is 1. The molecular formula is C22H24N4O2S. The largest absolute Gasteiger partial charge is 0.357 e. The molecule has 0 bridgehead atoms. The van der Waals surface area contributed by atoms with E-state index in [1.807, 2.05) is 6.07 Å². The molecule has 0 aliphatic carbocycles. The number of nitrogens with zero attached hydrogens (tertiary/aromatic N) is 1. The van der Waals surface area contributed by atoms with Gasteiger partial charge in [-0.2, -0.15) is 0 Å². The van der Waals surface area contributed by atoms with Crippen LogP contribution in [0, 0.1) is 0 Å². The van der Waals surface area contributed by atoms with E-state index in [0.29, 0.717) is 35.3 Å². The fourth-order valence-electron chi connectivity index (χ4n) is 3.43. The monoisotopic (exact) mass is 408 g/mol. The van der Waals surface area contributed by atoms with Gasteiger partial charge in [-0.1, -0.05) is 45.0 Å². The summed E-state index contributed by atoms with van der Waals surface area (Å²) in [4.78, 5) is 32.9. The molecule has 0 saturated carbocycles. The van der Waals surface area contributed by atoms with Crippen molar-refractivity contribution in [3.63, 3.8) is 0 Å². The van der Waals surface area contributed by atoms with E-state index in [0.717, 1.165) is 16.7 Å². The fraction of sp³-hybridized carbons (Fsp3) is 0.318. The Hall–Kier alpha value is -2.80. The standard InChI is InChI=1S/C22H24N4O2S/c1-22(2,3)14-6-4-13(5-7-14)12-25-21-26-20(28)18(29-21)16-9-11-24-19(27)17-15(16)8-10-23-17/h4-8,10,23H,9,11-12H2,1-3H3,(H,24,27)(H,25,26,28)/b18-16-. The van der Waals surface area contributed by atoms with E-state index >= 15 is 0 Å². The Balaban J connectivity index is 1.55. The summed E-state index contributed by atoms with van der Waals surface area (Å²) in [6.07, 6.45) is 2.33. The molecule has 0 radical (unpaired) electrons. The van der Waals surface area contributed by atoms with Gasteiger partial charge in [0.15, 0.2) is 5.17 Å². The van der Waals surface area contributed by atoms with Crippen LogP contribution in [0.2, 0.25) is 0 Å². The third-order valence-electron chi connectivity index (χ3n) is 5.08. The van der Waals surface area contributed by atoms with Crippen molar-refractivity contribution in [2.75, 3.05) is 6.54 Å². The number of fused-ring (bicyclic) bond motifs is 1. The number of nitrogens with one attached hydrogen (secondary N) is 3. The van der Waals surface area contributed by atoms with E-state index in [1.165, 1.54) is 17.3 Å². The van der Waals surface area contributed by atoms with Crippen molar-refractivity contribution in [1.29, 1.82) is 0 Å². The van der Waals surface area contributed by atoms with Gasteiger partial charge in [-0.15, -0.1) is 0 Å². The van der Waals surface area contributed by atoms with Gasteiger partial charge in [0, 0.05) is 18.3 Å². The second-order valence-electron chi connectivity index (χ2n) is 8.20. The van der Waals surface area contributed by atoms with E-state index in [4.69, 9.17) is 0 Å². The van der Waals surface area contributed by atoms with Crippen LogP contribution in [0.4, 0.5) is 0 Å². The number of aliphatic imine (C=N–C) groups is 1. The summed E-state index contributed by atoms with van der Waals surface area (Å²) < 4.78 is 0. The molecule has 0 atom stereocenters. The first-order chi connectivity index (χ1) is 13.8. The molecule has 1 saturated heterocycles. The van der Waals surface area contributed by atoms with E-state index in [9.17, 15) is 9.59 Å². The number of aromatic amines is 1. The highest BCUT2D eigenvalue weighted by Crippen LogP contribution is 2.36. The van der Waals surface area contributed by atoms with Crippen molar-refractivity contribution in [2.45, 2.75) is 39.2 Å². The number of thioether (sulfide) groups is 1. The molecule has 7 heteroatoms.